The Hall–Kier alpha value is -1.13. The number of unbranched alkanes of at least 4 members (excludes halogenated alkanes) is 1. The van der Waals surface area contributed by atoms with E-state index in [4.69, 9.17) is 18.0 Å². The Kier molecular flexibility index (Phi) is 6.09. The summed E-state index contributed by atoms with van der Waals surface area (Å²) in [5.41, 5.74) is 8.86. The van der Waals surface area contributed by atoms with E-state index in [1.807, 2.05) is 19.1 Å². The van der Waals surface area contributed by atoms with Crippen LogP contribution in [0.3, 0.4) is 0 Å². The summed E-state index contributed by atoms with van der Waals surface area (Å²) in [5.74, 6) is 0. The van der Waals surface area contributed by atoms with E-state index in [2.05, 4.69) is 17.9 Å². The maximum absolute atomic E-state index is 9.19. The van der Waals surface area contributed by atoms with Crippen molar-refractivity contribution in [2.24, 2.45) is 5.73 Å². The third kappa shape index (κ3) is 3.96. The van der Waals surface area contributed by atoms with Crippen molar-refractivity contribution in [3.05, 3.63) is 29.3 Å². The van der Waals surface area contributed by atoms with Crippen molar-refractivity contribution in [3.63, 3.8) is 0 Å². The van der Waals surface area contributed by atoms with Gasteiger partial charge in [-0.2, -0.15) is 0 Å². The standard InChI is InChI=1S/C14H22N2OS/c1-3-4-7-16(8-9-17)13-10-11(2)5-6-12(13)14(15)18/h5-6,10,17H,3-4,7-9H2,1-2H3,(H2,15,18). The second kappa shape index (κ2) is 7.34. The number of hydrogen-bond donors (Lipinski definition) is 2. The molecule has 0 saturated heterocycles. The molecule has 3 N–H and O–H groups in total. The van der Waals surface area contributed by atoms with Crippen LogP contribution in [0.1, 0.15) is 30.9 Å². The Morgan fingerprint density at radius 1 is 1.39 bits per heavy atom. The first kappa shape index (κ1) is 14.9. The van der Waals surface area contributed by atoms with E-state index in [1.165, 1.54) is 5.56 Å². The molecular formula is C14H22N2OS. The van der Waals surface area contributed by atoms with E-state index < -0.39 is 0 Å². The zero-order chi connectivity index (χ0) is 13.5. The minimum Gasteiger partial charge on any atom is -0.395 e. The van der Waals surface area contributed by atoms with Crippen LogP contribution in [0.2, 0.25) is 0 Å². The Balaban J connectivity index is 3.07. The van der Waals surface area contributed by atoms with Gasteiger partial charge in [-0.05, 0) is 31.0 Å². The molecule has 0 fully saturated rings. The van der Waals surface area contributed by atoms with Gasteiger partial charge in [0.1, 0.15) is 4.99 Å². The number of aryl methyl sites for hydroxylation is 1. The molecule has 100 valence electrons. The average Bonchev–Trinajstić information content (AvgIpc) is 2.34. The van der Waals surface area contributed by atoms with Gasteiger partial charge in [-0.3, -0.25) is 0 Å². The van der Waals surface area contributed by atoms with Gasteiger partial charge in [0.05, 0.1) is 6.61 Å². The Labute approximate surface area is 115 Å². The predicted molar refractivity (Wildman–Crippen MR) is 81.3 cm³/mol. The van der Waals surface area contributed by atoms with E-state index in [9.17, 15) is 5.11 Å². The van der Waals surface area contributed by atoms with E-state index in [1.54, 1.807) is 0 Å². The van der Waals surface area contributed by atoms with Crippen LogP contribution in [0.5, 0.6) is 0 Å². The highest BCUT2D eigenvalue weighted by atomic mass is 32.1. The molecule has 0 aromatic heterocycles. The highest BCUT2D eigenvalue weighted by molar-refractivity contribution is 7.80. The molecule has 1 rings (SSSR count). The van der Waals surface area contributed by atoms with Crippen LogP contribution in [0.15, 0.2) is 18.2 Å². The Bertz CT molecular complexity index is 407. The normalized spacial score (nSPS) is 10.4. The maximum atomic E-state index is 9.19. The van der Waals surface area contributed by atoms with Crippen molar-refractivity contribution in [3.8, 4) is 0 Å². The van der Waals surface area contributed by atoms with Crippen molar-refractivity contribution in [2.45, 2.75) is 26.7 Å². The van der Waals surface area contributed by atoms with Crippen molar-refractivity contribution < 1.29 is 5.11 Å². The molecule has 0 atom stereocenters. The lowest BCUT2D eigenvalue weighted by molar-refractivity contribution is 0.301. The molecule has 0 amide bonds. The number of aliphatic hydroxyl groups excluding tert-OH is 1. The molecule has 1 aromatic carbocycles. The van der Waals surface area contributed by atoms with Crippen LogP contribution in [-0.4, -0.2) is 29.8 Å². The number of aliphatic hydroxyl groups is 1. The van der Waals surface area contributed by atoms with Crippen LogP contribution in [-0.2, 0) is 0 Å². The van der Waals surface area contributed by atoms with Crippen LogP contribution < -0.4 is 10.6 Å². The third-order valence-corrected chi connectivity index (χ3v) is 3.13. The zero-order valence-electron chi connectivity index (χ0n) is 11.1. The van der Waals surface area contributed by atoms with Crippen molar-refractivity contribution in [1.29, 1.82) is 0 Å². The molecule has 0 bridgehead atoms. The summed E-state index contributed by atoms with van der Waals surface area (Å²) < 4.78 is 0. The average molecular weight is 266 g/mol. The zero-order valence-corrected chi connectivity index (χ0v) is 12.0. The predicted octanol–water partition coefficient (Wildman–Crippen LogP) is 2.23. The van der Waals surface area contributed by atoms with Crippen LogP contribution >= 0.6 is 12.2 Å². The quantitative estimate of drug-likeness (QED) is 0.743. The van der Waals surface area contributed by atoms with Crippen molar-refractivity contribution >= 4 is 22.9 Å². The number of nitrogens with zero attached hydrogens (tertiary/aromatic N) is 1. The molecule has 0 aliphatic rings. The van der Waals surface area contributed by atoms with Gasteiger partial charge >= 0.3 is 0 Å². The summed E-state index contributed by atoms with van der Waals surface area (Å²) in [6.45, 7) is 5.86. The highest BCUT2D eigenvalue weighted by Gasteiger charge is 2.12. The molecule has 3 nitrogen and oxygen atoms in total. The SMILES string of the molecule is CCCCN(CCO)c1cc(C)ccc1C(N)=S. The molecule has 0 radical (unpaired) electrons. The van der Waals surface area contributed by atoms with Gasteiger partial charge in [-0.1, -0.05) is 31.6 Å². The molecule has 0 heterocycles. The first-order valence-corrected chi connectivity index (χ1v) is 6.77. The van der Waals surface area contributed by atoms with E-state index >= 15 is 0 Å². The first-order valence-electron chi connectivity index (χ1n) is 6.36. The third-order valence-electron chi connectivity index (χ3n) is 2.91. The fourth-order valence-corrected chi connectivity index (χ4v) is 2.11. The number of anilines is 1. The number of rotatable bonds is 7. The smallest absolute Gasteiger partial charge is 0.106 e. The lowest BCUT2D eigenvalue weighted by atomic mass is 10.1. The molecular weight excluding hydrogens is 244 g/mol. The number of nitrogens with two attached hydrogens (primary N) is 1. The maximum Gasteiger partial charge on any atom is 0.106 e. The molecule has 0 unspecified atom stereocenters. The summed E-state index contributed by atoms with van der Waals surface area (Å²) in [5, 5.41) is 9.19. The van der Waals surface area contributed by atoms with Crippen molar-refractivity contribution in [2.75, 3.05) is 24.6 Å². The van der Waals surface area contributed by atoms with E-state index in [0.717, 1.165) is 30.6 Å². The second-order valence-electron chi connectivity index (χ2n) is 4.45. The summed E-state index contributed by atoms with van der Waals surface area (Å²) in [4.78, 5) is 2.56. The molecule has 0 aliphatic carbocycles. The summed E-state index contributed by atoms with van der Waals surface area (Å²) >= 11 is 5.10. The summed E-state index contributed by atoms with van der Waals surface area (Å²) in [6, 6.07) is 6.05. The second-order valence-corrected chi connectivity index (χ2v) is 4.89. The minimum absolute atomic E-state index is 0.133. The summed E-state index contributed by atoms with van der Waals surface area (Å²) in [6.07, 6.45) is 2.21. The first-order chi connectivity index (χ1) is 8.60. The number of thiocarbonyl (C=S) groups is 1. The Morgan fingerprint density at radius 3 is 2.67 bits per heavy atom. The van der Waals surface area contributed by atoms with Gasteiger partial charge in [0, 0.05) is 24.3 Å². The fraction of sp³-hybridized carbons (Fsp3) is 0.500. The number of hydrogen-bond acceptors (Lipinski definition) is 3. The van der Waals surface area contributed by atoms with Gasteiger partial charge in [0.2, 0.25) is 0 Å². The molecule has 0 aliphatic heterocycles. The molecule has 4 heteroatoms. The number of benzene rings is 1. The Morgan fingerprint density at radius 2 is 2.11 bits per heavy atom. The van der Waals surface area contributed by atoms with Gasteiger partial charge in [-0.15, -0.1) is 0 Å². The van der Waals surface area contributed by atoms with E-state index in [0.29, 0.717) is 11.5 Å². The lowest BCUT2D eigenvalue weighted by Crippen LogP contribution is -2.30. The van der Waals surface area contributed by atoms with Crippen LogP contribution in [0, 0.1) is 6.92 Å². The van der Waals surface area contributed by atoms with Gasteiger partial charge < -0.3 is 15.7 Å². The van der Waals surface area contributed by atoms with Crippen LogP contribution in [0.4, 0.5) is 5.69 Å². The van der Waals surface area contributed by atoms with Gasteiger partial charge in [0.15, 0.2) is 0 Å². The summed E-state index contributed by atoms with van der Waals surface area (Å²) in [7, 11) is 0. The van der Waals surface area contributed by atoms with Gasteiger partial charge in [-0.25, -0.2) is 0 Å². The van der Waals surface area contributed by atoms with Crippen LogP contribution in [0.25, 0.3) is 0 Å². The van der Waals surface area contributed by atoms with E-state index in [-0.39, 0.29) is 6.61 Å². The molecule has 1 aromatic rings. The van der Waals surface area contributed by atoms with Gasteiger partial charge in [0.25, 0.3) is 0 Å². The monoisotopic (exact) mass is 266 g/mol. The van der Waals surface area contributed by atoms with Crippen molar-refractivity contribution in [1.82, 2.24) is 0 Å². The highest BCUT2D eigenvalue weighted by Crippen LogP contribution is 2.22. The molecule has 18 heavy (non-hydrogen) atoms. The fourth-order valence-electron chi connectivity index (χ4n) is 1.93. The lowest BCUT2D eigenvalue weighted by Gasteiger charge is -2.26. The molecule has 0 spiro atoms. The topological polar surface area (TPSA) is 49.5 Å². The molecule has 0 saturated carbocycles. The minimum atomic E-state index is 0.133. The largest absolute Gasteiger partial charge is 0.395 e.